The van der Waals surface area contributed by atoms with Gasteiger partial charge in [0.15, 0.2) is 10.5 Å². The standard InChI is InChI=1S/C10H7BrO2S/c1-6-4-7(5-14-6)9(12)8-2-3-13-10(8)11/h2-5H,1H3. The van der Waals surface area contributed by atoms with Crippen molar-refractivity contribution in [2.75, 3.05) is 0 Å². The van der Waals surface area contributed by atoms with Crippen molar-refractivity contribution in [2.45, 2.75) is 6.92 Å². The predicted molar refractivity (Wildman–Crippen MR) is 58.9 cm³/mol. The first-order chi connectivity index (χ1) is 6.68. The van der Waals surface area contributed by atoms with Gasteiger partial charge in [-0.2, -0.15) is 0 Å². The van der Waals surface area contributed by atoms with E-state index in [0.29, 0.717) is 10.2 Å². The van der Waals surface area contributed by atoms with Gasteiger partial charge in [-0.3, -0.25) is 4.79 Å². The Morgan fingerprint density at radius 3 is 2.86 bits per heavy atom. The molecule has 0 unspecified atom stereocenters. The van der Waals surface area contributed by atoms with Crippen molar-refractivity contribution in [3.8, 4) is 0 Å². The Bertz CT molecular complexity index is 470. The first-order valence-electron chi connectivity index (χ1n) is 4.01. The summed E-state index contributed by atoms with van der Waals surface area (Å²) in [7, 11) is 0. The van der Waals surface area contributed by atoms with Crippen molar-refractivity contribution >= 4 is 33.0 Å². The average molecular weight is 271 g/mol. The highest BCUT2D eigenvalue weighted by atomic mass is 79.9. The van der Waals surface area contributed by atoms with Crippen molar-refractivity contribution in [2.24, 2.45) is 0 Å². The van der Waals surface area contributed by atoms with Gasteiger partial charge >= 0.3 is 0 Å². The number of rotatable bonds is 2. The fraction of sp³-hybridized carbons (Fsp3) is 0.100. The number of carbonyl (C=O) groups excluding carboxylic acids is 1. The minimum absolute atomic E-state index is 0.00465. The van der Waals surface area contributed by atoms with Gasteiger partial charge in [0, 0.05) is 15.8 Å². The van der Waals surface area contributed by atoms with Crippen LogP contribution in [0.4, 0.5) is 0 Å². The van der Waals surface area contributed by atoms with E-state index < -0.39 is 0 Å². The van der Waals surface area contributed by atoms with E-state index in [1.54, 1.807) is 17.4 Å². The molecule has 0 saturated heterocycles. The number of hydrogen-bond acceptors (Lipinski definition) is 3. The molecule has 0 aliphatic heterocycles. The SMILES string of the molecule is Cc1cc(C(=O)c2ccoc2Br)cs1. The number of thiophene rings is 1. The minimum atomic E-state index is -0.00465. The lowest BCUT2D eigenvalue weighted by atomic mass is 10.1. The first-order valence-corrected chi connectivity index (χ1v) is 5.68. The molecular weight excluding hydrogens is 264 g/mol. The molecule has 4 heteroatoms. The van der Waals surface area contributed by atoms with Crippen LogP contribution in [0.15, 0.2) is 32.9 Å². The Balaban J connectivity index is 2.38. The second-order valence-electron chi connectivity index (χ2n) is 2.88. The molecule has 0 radical (unpaired) electrons. The molecule has 0 aliphatic rings. The summed E-state index contributed by atoms with van der Waals surface area (Å²) in [6, 6.07) is 3.55. The number of halogens is 1. The third-order valence-electron chi connectivity index (χ3n) is 1.86. The molecule has 72 valence electrons. The van der Waals surface area contributed by atoms with Crippen LogP contribution in [0.5, 0.6) is 0 Å². The maximum Gasteiger partial charge on any atom is 0.198 e. The molecule has 2 aromatic rings. The molecule has 2 rings (SSSR count). The van der Waals surface area contributed by atoms with Gasteiger partial charge in [-0.05, 0) is 35.0 Å². The summed E-state index contributed by atoms with van der Waals surface area (Å²) in [5, 5.41) is 1.86. The molecule has 0 saturated carbocycles. The molecule has 2 aromatic heterocycles. The van der Waals surface area contributed by atoms with Crippen LogP contribution in [0.1, 0.15) is 20.8 Å². The van der Waals surface area contributed by atoms with Crippen LogP contribution < -0.4 is 0 Å². The second-order valence-corrected chi connectivity index (χ2v) is 4.72. The summed E-state index contributed by atoms with van der Waals surface area (Å²) in [6.45, 7) is 1.98. The van der Waals surface area contributed by atoms with Gasteiger partial charge in [0.05, 0.1) is 11.8 Å². The molecule has 0 bridgehead atoms. The van der Waals surface area contributed by atoms with Crippen molar-refractivity contribution in [1.29, 1.82) is 0 Å². The topological polar surface area (TPSA) is 30.2 Å². The van der Waals surface area contributed by atoms with E-state index in [4.69, 9.17) is 4.42 Å². The van der Waals surface area contributed by atoms with Crippen LogP contribution in [0.3, 0.4) is 0 Å². The zero-order valence-corrected chi connectivity index (χ0v) is 9.81. The zero-order chi connectivity index (χ0) is 10.1. The third-order valence-corrected chi connectivity index (χ3v) is 3.33. The van der Waals surface area contributed by atoms with Crippen LogP contribution in [-0.4, -0.2) is 5.78 Å². The van der Waals surface area contributed by atoms with Crippen LogP contribution in [0.25, 0.3) is 0 Å². The summed E-state index contributed by atoms with van der Waals surface area (Å²) >= 11 is 4.76. The van der Waals surface area contributed by atoms with Crippen LogP contribution in [0.2, 0.25) is 0 Å². The smallest absolute Gasteiger partial charge is 0.198 e. The normalized spacial score (nSPS) is 10.4. The highest BCUT2D eigenvalue weighted by Gasteiger charge is 2.15. The summed E-state index contributed by atoms with van der Waals surface area (Å²) in [5.41, 5.74) is 1.29. The molecule has 0 aliphatic carbocycles. The van der Waals surface area contributed by atoms with Gasteiger partial charge in [-0.15, -0.1) is 11.3 Å². The fourth-order valence-corrected chi connectivity index (χ4v) is 2.28. The lowest BCUT2D eigenvalue weighted by Gasteiger charge is -1.93. The molecule has 14 heavy (non-hydrogen) atoms. The number of carbonyl (C=O) groups is 1. The van der Waals surface area contributed by atoms with Crippen LogP contribution in [0, 0.1) is 6.92 Å². The van der Waals surface area contributed by atoms with Gasteiger partial charge in [0.1, 0.15) is 0 Å². The van der Waals surface area contributed by atoms with E-state index in [1.807, 2.05) is 18.4 Å². The highest BCUT2D eigenvalue weighted by Crippen LogP contribution is 2.23. The molecule has 0 aromatic carbocycles. The van der Waals surface area contributed by atoms with E-state index in [1.165, 1.54) is 6.26 Å². The van der Waals surface area contributed by atoms with Crippen LogP contribution in [-0.2, 0) is 0 Å². The Kier molecular flexibility index (Phi) is 2.56. The van der Waals surface area contributed by atoms with E-state index in [2.05, 4.69) is 15.9 Å². The lowest BCUT2D eigenvalue weighted by Crippen LogP contribution is -1.97. The second kappa shape index (κ2) is 3.71. The molecule has 0 spiro atoms. The third kappa shape index (κ3) is 1.67. The Hall–Kier alpha value is -0.870. The maximum absolute atomic E-state index is 11.9. The van der Waals surface area contributed by atoms with Gasteiger partial charge in [0.25, 0.3) is 0 Å². The largest absolute Gasteiger partial charge is 0.457 e. The van der Waals surface area contributed by atoms with Gasteiger partial charge < -0.3 is 4.42 Å². The van der Waals surface area contributed by atoms with Crippen molar-refractivity contribution in [3.05, 3.63) is 44.4 Å². The lowest BCUT2D eigenvalue weighted by molar-refractivity contribution is 0.103. The van der Waals surface area contributed by atoms with Gasteiger partial charge in [-0.1, -0.05) is 0 Å². The zero-order valence-electron chi connectivity index (χ0n) is 7.41. The summed E-state index contributed by atoms with van der Waals surface area (Å²) in [6.07, 6.45) is 1.50. The average Bonchev–Trinajstić information content (AvgIpc) is 2.73. The maximum atomic E-state index is 11.9. The summed E-state index contributed by atoms with van der Waals surface area (Å²) < 4.78 is 5.51. The number of furan rings is 1. The molecule has 0 atom stereocenters. The van der Waals surface area contributed by atoms with Gasteiger partial charge in [0.2, 0.25) is 0 Å². The minimum Gasteiger partial charge on any atom is -0.457 e. The van der Waals surface area contributed by atoms with Crippen molar-refractivity contribution in [3.63, 3.8) is 0 Å². The summed E-state index contributed by atoms with van der Waals surface area (Å²) in [4.78, 5) is 13.0. The summed E-state index contributed by atoms with van der Waals surface area (Å²) in [5.74, 6) is -0.00465. The Labute approximate surface area is 93.7 Å². The number of ketones is 1. The van der Waals surface area contributed by atoms with Crippen molar-refractivity contribution in [1.82, 2.24) is 0 Å². The number of hydrogen-bond donors (Lipinski definition) is 0. The van der Waals surface area contributed by atoms with E-state index in [0.717, 1.165) is 10.4 Å². The molecular formula is C10H7BrO2S. The Morgan fingerprint density at radius 1 is 1.57 bits per heavy atom. The van der Waals surface area contributed by atoms with E-state index >= 15 is 0 Å². The van der Waals surface area contributed by atoms with Crippen LogP contribution >= 0.6 is 27.3 Å². The molecule has 2 heterocycles. The number of aryl methyl sites for hydroxylation is 1. The molecule has 2 nitrogen and oxygen atoms in total. The quantitative estimate of drug-likeness (QED) is 0.780. The Morgan fingerprint density at radius 2 is 2.36 bits per heavy atom. The van der Waals surface area contributed by atoms with E-state index in [9.17, 15) is 4.79 Å². The van der Waals surface area contributed by atoms with Gasteiger partial charge in [-0.25, -0.2) is 0 Å². The van der Waals surface area contributed by atoms with Crippen molar-refractivity contribution < 1.29 is 9.21 Å². The molecule has 0 fully saturated rings. The molecule has 0 amide bonds. The predicted octanol–water partition coefficient (Wildman–Crippen LogP) is 3.64. The fourth-order valence-electron chi connectivity index (χ4n) is 1.17. The highest BCUT2D eigenvalue weighted by molar-refractivity contribution is 9.10. The van der Waals surface area contributed by atoms with E-state index in [-0.39, 0.29) is 5.78 Å². The monoisotopic (exact) mass is 270 g/mol. The first kappa shape index (κ1) is 9.68. The molecule has 0 N–H and O–H groups in total.